The molecule has 0 radical (unpaired) electrons. The maximum atomic E-state index is 11.0. The van der Waals surface area contributed by atoms with E-state index in [1.165, 1.54) is 5.56 Å². The first-order chi connectivity index (χ1) is 10.7. The molecule has 2 aromatic carbocycles. The molecule has 0 bridgehead atoms. The molecule has 2 rings (SSSR count). The van der Waals surface area contributed by atoms with Crippen LogP contribution < -0.4 is 5.32 Å². The molecule has 0 saturated carbocycles. The molecule has 1 unspecified atom stereocenters. The number of carboxylic acid groups (broad SMARTS) is 1. The fraction of sp³-hybridized carbons (Fsp3) is 0.222. The molecule has 0 aliphatic carbocycles. The van der Waals surface area contributed by atoms with Gasteiger partial charge in [-0.2, -0.15) is 0 Å². The molecule has 2 aromatic rings. The first-order valence-corrected chi connectivity index (χ1v) is 7.26. The van der Waals surface area contributed by atoms with E-state index in [-0.39, 0.29) is 11.6 Å². The number of aldehydes is 1. The number of benzene rings is 2. The summed E-state index contributed by atoms with van der Waals surface area (Å²) in [6.07, 6.45) is 2.96. The molecular weight excluding hydrogens is 278 g/mol. The van der Waals surface area contributed by atoms with Crippen LogP contribution in [0.4, 0.5) is 5.69 Å². The fourth-order valence-corrected chi connectivity index (χ4v) is 2.33. The first-order valence-electron chi connectivity index (χ1n) is 7.26. The standard InChI is InChI=1S/C18H19NO3/c20-12-11-16(10-9-14-5-2-1-3-6-14)19-17-8-4-7-15(13-17)18(21)22/h1-8,12-13,16,19H,9-11H2,(H,21,22). The van der Waals surface area contributed by atoms with Gasteiger partial charge in [-0.1, -0.05) is 36.4 Å². The van der Waals surface area contributed by atoms with Gasteiger partial charge in [-0.05, 0) is 36.6 Å². The molecule has 0 aliphatic heterocycles. The Labute approximate surface area is 129 Å². The number of hydrogen-bond donors (Lipinski definition) is 2. The lowest BCUT2D eigenvalue weighted by Gasteiger charge is -2.18. The van der Waals surface area contributed by atoms with Gasteiger partial charge < -0.3 is 15.2 Å². The number of carbonyl (C=O) groups is 2. The van der Waals surface area contributed by atoms with Crippen LogP contribution in [0.2, 0.25) is 0 Å². The van der Waals surface area contributed by atoms with E-state index in [1.807, 2.05) is 24.3 Å². The molecule has 2 N–H and O–H groups in total. The highest BCUT2D eigenvalue weighted by Gasteiger charge is 2.10. The molecular formula is C18H19NO3. The molecule has 0 spiro atoms. The Morgan fingerprint density at radius 3 is 2.59 bits per heavy atom. The lowest BCUT2D eigenvalue weighted by atomic mass is 10.0. The predicted molar refractivity (Wildman–Crippen MR) is 86.3 cm³/mol. The van der Waals surface area contributed by atoms with Crippen molar-refractivity contribution in [3.05, 3.63) is 65.7 Å². The smallest absolute Gasteiger partial charge is 0.335 e. The van der Waals surface area contributed by atoms with E-state index in [0.717, 1.165) is 24.8 Å². The largest absolute Gasteiger partial charge is 0.478 e. The van der Waals surface area contributed by atoms with E-state index in [1.54, 1.807) is 18.2 Å². The van der Waals surface area contributed by atoms with Crippen molar-refractivity contribution in [2.45, 2.75) is 25.3 Å². The van der Waals surface area contributed by atoms with Gasteiger partial charge in [0.1, 0.15) is 6.29 Å². The van der Waals surface area contributed by atoms with Crippen LogP contribution in [0.3, 0.4) is 0 Å². The molecule has 22 heavy (non-hydrogen) atoms. The van der Waals surface area contributed by atoms with Gasteiger partial charge in [-0.3, -0.25) is 0 Å². The Morgan fingerprint density at radius 1 is 1.14 bits per heavy atom. The SMILES string of the molecule is O=CCC(CCc1ccccc1)Nc1cccc(C(=O)O)c1. The van der Waals surface area contributed by atoms with Gasteiger partial charge in [-0.25, -0.2) is 4.79 Å². The second-order valence-corrected chi connectivity index (χ2v) is 5.15. The summed E-state index contributed by atoms with van der Waals surface area (Å²) in [6.45, 7) is 0. The van der Waals surface area contributed by atoms with Crippen molar-refractivity contribution in [3.63, 3.8) is 0 Å². The summed E-state index contributed by atoms with van der Waals surface area (Å²) in [4.78, 5) is 21.8. The summed E-state index contributed by atoms with van der Waals surface area (Å²) in [6, 6.07) is 16.7. The monoisotopic (exact) mass is 297 g/mol. The predicted octanol–water partition coefficient (Wildman–Crippen LogP) is 3.39. The number of nitrogens with one attached hydrogen (secondary N) is 1. The number of anilines is 1. The Kier molecular flexibility index (Phi) is 5.72. The number of carbonyl (C=O) groups excluding carboxylic acids is 1. The third kappa shape index (κ3) is 4.74. The Hall–Kier alpha value is -2.62. The summed E-state index contributed by atoms with van der Waals surface area (Å²) in [5, 5.41) is 12.3. The summed E-state index contributed by atoms with van der Waals surface area (Å²) in [5.74, 6) is -0.958. The maximum absolute atomic E-state index is 11.0. The van der Waals surface area contributed by atoms with E-state index >= 15 is 0 Å². The lowest BCUT2D eigenvalue weighted by molar-refractivity contribution is -0.108. The first kappa shape index (κ1) is 15.8. The second-order valence-electron chi connectivity index (χ2n) is 5.15. The van der Waals surface area contributed by atoms with Crippen molar-refractivity contribution in [1.82, 2.24) is 0 Å². The molecule has 0 fully saturated rings. The van der Waals surface area contributed by atoms with Crippen molar-refractivity contribution in [3.8, 4) is 0 Å². The molecule has 4 nitrogen and oxygen atoms in total. The average Bonchev–Trinajstić information content (AvgIpc) is 2.54. The highest BCUT2D eigenvalue weighted by Crippen LogP contribution is 2.15. The number of aromatic carboxylic acids is 1. The van der Waals surface area contributed by atoms with Crippen molar-refractivity contribution >= 4 is 17.9 Å². The van der Waals surface area contributed by atoms with Gasteiger partial charge in [0.05, 0.1) is 5.56 Å². The van der Waals surface area contributed by atoms with Crippen molar-refractivity contribution in [2.75, 3.05) is 5.32 Å². The number of hydrogen-bond acceptors (Lipinski definition) is 3. The van der Waals surface area contributed by atoms with Crippen LogP contribution in [0, 0.1) is 0 Å². The molecule has 114 valence electrons. The van der Waals surface area contributed by atoms with Crippen molar-refractivity contribution < 1.29 is 14.7 Å². The quantitative estimate of drug-likeness (QED) is 0.733. The summed E-state index contributed by atoms with van der Waals surface area (Å²) < 4.78 is 0. The molecule has 0 saturated heterocycles. The third-order valence-electron chi connectivity index (χ3n) is 3.49. The second kappa shape index (κ2) is 7.98. The summed E-state index contributed by atoms with van der Waals surface area (Å²) >= 11 is 0. The van der Waals surface area contributed by atoms with Gasteiger partial charge >= 0.3 is 5.97 Å². The normalized spacial score (nSPS) is 11.6. The summed E-state index contributed by atoms with van der Waals surface area (Å²) in [5.41, 5.74) is 2.18. The Morgan fingerprint density at radius 2 is 1.91 bits per heavy atom. The molecule has 1 atom stereocenters. The molecule has 0 aromatic heterocycles. The van der Waals surface area contributed by atoms with Crippen LogP contribution in [0.15, 0.2) is 54.6 Å². The van der Waals surface area contributed by atoms with Crippen LogP contribution in [0.25, 0.3) is 0 Å². The third-order valence-corrected chi connectivity index (χ3v) is 3.49. The highest BCUT2D eigenvalue weighted by atomic mass is 16.4. The van der Waals surface area contributed by atoms with E-state index in [0.29, 0.717) is 6.42 Å². The van der Waals surface area contributed by atoms with Crippen molar-refractivity contribution in [2.24, 2.45) is 0 Å². The van der Waals surface area contributed by atoms with E-state index in [2.05, 4.69) is 17.4 Å². The zero-order valence-corrected chi connectivity index (χ0v) is 12.2. The molecule has 0 amide bonds. The molecule has 0 heterocycles. The van der Waals surface area contributed by atoms with Crippen molar-refractivity contribution in [1.29, 1.82) is 0 Å². The minimum absolute atomic E-state index is 0.0123. The zero-order valence-electron chi connectivity index (χ0n) is 12.2. The van der Waals surface area contributed by atoms with Crippen LogP contribution in [0.5, 0.6) is 0 Å². The van der Waals surface area contributed by atoms with Crippen LogP contribution >= 0.6 is 0 Å². The molecule has 4 heteroatoms. The van der Waals surface area contributed by atoms with Crippen LogP contribution in [-0.2, 0) is 11.2 Å². The number of carboxylic acids is 1. The molecule has 0 aliphatic rings. The Bertz CT molecular complexity index is 625. The van der Waals surface area contributed by atoms with Gasteiger partial charge in [0.15, 0.2) is 0 Å². The zero-order chi connectivity index (χ0) is 15.8. The van der Waals surface area contributed by atoms with Gasteiger partial charge in [-0.15, -0.1) is 0 Å². The minimum atomic E-state index is -0.958. The van der Waals surface area contributed by atoms with Gasteiger partial charge in [0.2, 0.25) is 0 Å². The topological polar surface area (TPSA) is 66.4 Å². The lowest BCUT2D eigenvalue weighted by Crippen LogP contribution is -2.21. The highest BCUT2D eigenvalue weighted by molar-refractivity contribution is 5.88. The average molecular weight is 297 g/mol. The maximum Gasteiger partial charge on any atom is 0.335 e. The summed E-state index contributed by atoms with van der Waals surface area (Å²) in [7, 11) is 0. The minimum Gasteiger partial charge on any atom is -0.478 e. The van der Waals surface area contributed by atoms with Crippen LogP contribution in [-0.4, -0.2) is 23.4 Å². The van der Waals surface area contributed by atoms with E-state index < -0.39 is 5.97 Å². The number of rotatable bonds is 8. The fourth-order valence-electron chi connectivity index (χ4n) is 2.33. The van der Waals surface area contributed by atoms with E-state index in [9.17, 15) is 9.59 Å². The van der Waals surface area contributed by atoms with Gasteiger partial charge in [0.25, 0.3) is 0 Å². The number of aryl methyl sites for hydroxylation is 1. The van der Waals surface area contributed by atoms with Crippen LogP contribution in [0.1, 0.15) is 28.8 Å². The van der Waals surface area contributed by atoms with E-state index in [4.69, 9.17) is 5.11 Å². The van der Waals surface area contributed by atoms with Gasteiger partial charge in [0, 0.05) is 18.2 Å². The Balaban J connectivity index is 2.00.